The van der Waals surface area contributed by atoms with Gasteiger partial charge in [-0.3, -0.25) is 0 Å². The van der Waals surface area contributed by atoms with Crippen LogP contribution in [-0.4, -0.2) is 59.8 Å². The summed E-state index contributed by atoms with van der Waals surface area (Å²) in [5.74, 6) is 0. The van der Waals surface area contributed by atoms with Crippen molar-refractivity contribution in [2.75, 3.05) is 42.3 Å². The monoisotopic (exact) mass is 425 g/mol. The zero-order valence-corrected chi connectivity index (χ0v) is 16.2. The summed E-state index contributed by atoms with van der Waals surface area (Å²) in [6.07, 6.45) is 0. The van der Waals surface area contributed by atoms with Crippen LogP contribution in [0.1, 0.15) is 0 Å². The summed E-state index contributed by atoms with van der Waals surface area (Å²) in [6.45, 7) is 0. The Morgan fingerprint density at radius 2 is 0.810 bits per heavy atom. The van der Waals surface area contributed by atoms with Crippen molar-refractivity contribution in [3.05, 3.63) is 0 Å². The molecule has 0 spiro atoms. The van der Waals surface area contributed by atoms with Gasteiger partial charge in [0, 0.05) is 42.3 Å². The molecule has 0 aromatic rings. The molecule has 0 radical (unpaired) electrons. The molecule has 0 saturated carbocycles. The molecular formula is C7H18Cl3F6N3P2. The second-order valence-corrected chi connectivity index (χ2v) is 13.7. The van der Waals surface area contributed by atoms with E-state index in [4.69, 9.17) is 34.8 Å². The second-order valence-electron chi connectivity index (χ2n) is 4.54. The van der Waals surface area contributed by atoms with Gasteiger partial charge >= 0.3 is 36.5 Å². The minimum absolute atomic E-state index is 1.32. The molecule has 0 N–H and O–H groups in total. The van der Waals surface area contributed by atoms with E-state index in [1.807, 2.05) is 56.3 Å². The Morgan fingerprint density at radius 3 is 0.810 bits per heavy atom. The molecule has 3 nitrogen and oxygen atoms in total. The van der Waals surface area contributed by atoms with Gasteiger partial charge in [-0.05, 0) is 34.8 Å². The Kier molecular flexibility index (Phi) is 7.27. The van der Waals surface area contributed by atoms with E-state index in [9.17, 15) is 25.2 Å². The number of nitrogens with zero attached hydrogens (tertiary/aromatic N) is 3. The van der Waals surface area contributed by atoms with E-state index >= 15 is 0 Å². The molecule has 0 aliphatic rings. The summed E-state index contributed by atoms with van der Waals surface area (Å²) in [6, 6.07) is 0. The van der Waals surface area contributed by atoms with Crippen molar-refractivity contribution in [2.24, 2.45) is 0 Å². The fourth-order valence-electron chi connectivity index (χ4n) is 1.75. The van der Waals surface area contributed by atoms with Crippen molar-refractivity contribution < 1.29 is 25.2 Å². The molecule has 134 valence electrons. The van der Waals surface area contributed by atoms with E-state index in [-0.39, 0.29) is 0 Å². The van der Waals surface area contributed by atoms with Crippen LogP contribution in [0.4, 0.5) is 25.2 Å². The zero-order chi connectivity index (χ0) is 18.1. The molecular weight excluding hydrogens is 408 g/mol. The van der Waals surface area contributed by atoms with Crippen LogP contribution in [-0.2, 0) is 0 Å². The Labute approximate surface area is 135 Å². The van der Waals surface area contributed by atoms with Crippen molar-refractivity contribution in [3.8, 4) is 0 Å². The fourth-order valence-corrected chi connectivity index (χ4v) is 9.34. The van der Waals surface area contributed by atoms with E-state index in [0.717, 1.165) is 0 Å². The molecule has 0 heterocycles. The molecule has 0 atom stereocenters. The molecule has 0 unspecified atom stereocenters. The van der Waals surface area contributed by atoms with Gasteiger partial charge in [0.25, 0.3) is 7.71 Å². The number of hydrogen-bond acceptors (Lipinski definition) is 3. The van der Waals surface area contributed by atoms with Crippen LogP contribution in [0.3, 0.4) is 0 Å². The minimum atomic E-state index is -10.7. The van der Waals surface area contributed by atoms with Crippen molar-refractivity contribution >= 4 is 50.3 Å². The van der Waals surface area contributed by atoms with Crippen LogP contribution < -0.4 is 0 Å². The van der Waals surface area contributed by atoms with Gasteiger partial charge in [-0.25, -0.2) is 0 Å². The van der Waals surface area contributed by atoms with Crippen LogP contribution in [0.2, 0.25) is 0 Å². The van der Waals surface area contributed by atoms with E-state index < -0.39 is 19.1 Å². The van der Waals surface area contributed by atoms with Crippen LogP contribution in [0.5, 0.6) is 0 Å². The Balaban J connectivity index is 0. The third kappa shape index (κ3) is 9.82. The van der Waals surface area contributed by atoms with Crippen molar-refractivity contribution in [1.29, 1.82) is 0 Å². The van der Waals surface area contributed by atoms with Gasteiger partial charge in [0.2, 0.25) is 0 Å². The molecule has 21 heavy (non-hydrogen) atoms. The number of rotatable bonds is 3. The fraction of sp³-hybridized carbons (Fsp3) is 1.00. The molecule has 0 fully saturated rings. The van der Waals surface area contributed by atoms with Gasteiger partial charge in [0.05, 0.1) is 0 Å². The average Bonchev–Trinajstić information content (AvgIpc) is 1.90. The van der Waals surface area contributed by atoms with E-state index in [1.54, 1.807) is 0 Å². The molecule has 0 aromatic carbocycles. The summed E-state index contributed by atoms with van der Waals surface area (Å²) >= 11 is 18.3. The summed E-state index contributed by atoms with van der Waals surface area (Å²) in [7, 11) is -1.20. The van der Waals surface area contributed by atoms with E-state index in [2.05, 4.69) is 0 Å². The topological polar surface area (TPSA) is 9.72 Å². The third-order valence-corrected chi connectivity index (χ3v) is 8.08. The van der Waals surface area contributed by atoms with Crippen LogP contribution in [0.25, 0.3) is 0 Å². The SMILES string of the molecule is CN(C)[P+](N(C)C)(N(C)C)C(Cl)(Cl)Cl.F[P-](F)(F)(F)(F)F. The summed E-state index contributed by atoms with van der Waals surface area (Å²) < 4.78 is 63.8. The van der Waals surface area contributed by atoms with Gasteiger partial charge < -0.3 is 0 Å². The first-order valence-electron chi connectivity index (χ1n) is 5.09. The summed E-state index contributed by atoms with van der Waals surface area (Å²) in [5, 5.41) is 0. The number of halogens is 9. The molecule has 0 amide bonds. The second kappa shape index (κ2) is 6.25. The maximum absolute atomic E-state index is 10.7. The van der Waals surface area contributed by atoms with Gasteiger partial charge in [-0.2, -0.15) is 14.0 Å². The molecule has 0 aromatic heterocycles. The van der Waals surface area contributed by atoms with E-state index in [0.29, 0.717) is 0 Å². The summed E-state index contributed by atoms with van der Waals surface area (Å²) in [4.78, 5) is 0. The van der Waals surface area contributed by atoms with Gasteiger partial charge in [0.1, 0.15) is 0 Å². The predicted octanol–water partition coefficient (Wildman–Crippen LogP) is 6.14. The van der Waals surface area contributed by atoms with Crippen molar-refractivity contribution in [1.82, 2.24) is 14.0 Å². The molecule has 0 saturated heterocycles. The number of alkyl halides is 3. The van der Waals surface area contributed by atoms with Crippen molar-refractivity contribution in [3.63, 3.8) is 0 Å². The predicted molar refractivity (Wildman–Crippen MR) is 81.8 cm³/mol. The average molecular weight is 427 g/mol. The quantitative estimate of drug-likeness (QED) is 0.305. The van der Waals surface area contributed by atoms with Crippen LogP contribution in [0.15, 0.2) is 0 Å². The standard InChI is InChI=1S/C7H18Cl3N3P.F6P/c1-11(2)14(12(3)4,13(5)6)7(8,9)10;1-7(2,3,4,5)6/h1-6H3;/q+1;-1. The first-order chi connectivity index (χ1) is 8.53. The third-order valence-electron chi connectivity index (χ3n) is 2.01. The van der Waals surface area contributed by atoms with Crippen molar-refractivity contribution in [2.45, 2.75) is 3.53 Å². The Morgan fingerprint density at radius 1 is 0.667 bits per heavy atom. The first-order valence-corrected chi connectivity index (χ1v) is 9.90. The Bertz CT molecular complexity index is 320. The molecule has 14 heteroatoms. The Hall–Kier alpha value is 1.19. The van der Waals surface area contributed by atoms with Gasteiger partial charge in [-0.15, -0.1) is 0 Å². The molecule has 0 rings (SSSR count). The van der Waals surface area contributed by atoms with Gasteiger partial charge in [0.15, 0.2) is 0 Å². The van der Waals surface area contributed by atoms with Gasteiger partial charge in [-0.1, -0.05) is 0 Å². The first kappa shape index (κ1) is 24.4. The summed E-state index contributed by atoms with van der Waals surface area (Å²) in [5.41, 5.74) is 0. The van der Waals surface area contributed by atoms with Crippen LogP contribution in [0, 0.1) is 0 Å². The normalized spacial score (nSPS) is 17.4. The van der Waals surface area contributed by atoms with E-state index in [1.165, 1.54) is 0 Å². The zero-order valence-electron chi connectivity index (χ0n) is 12.1. The molecule has 0 bridgehead atoms. The molecule has 0 aliphatic heterocycles. The maximum atomic E-state index is 9.87. The number of hydrogen-bond donors (Lipinski definition) is 0. The molecule has 0 aliphatic carbocycles. The van der Waals surface area contributed by atoms with Crippen LogP contribution >= 0.6 is 50.3 Å².